The third-order valence-electron chi connectivity index (χ3n) is 5.60. The molecule has 176 valence electrons. The molecule has 2 heterocycles. The predicted molar refractivity (Wildman–Crippen MR) is 119 cm³/mol. The molecule has 0 saturated carbocycles. The van der Waals surface area contributed by atoms with E-state index in [9.17, 15) is 13.2 Å². The van der Waals surface area contributed by atoms with Gasteiger partial charge in [0.2, 0.25) is 22.7 Å². The fourth-order valence-electron chi connectivity index (χ4n) is 3.74. The first-order chi connectivity index (χ1) is 15.9. The van der Waals surface area contributed by atoms with Gasteiger partial charge in [-0.25, -0.2) is 13.8 Å². The number of piperidine rings is 1. The van der Waals surface area contributed by atoms with Gasteiger partial charge in [0.05, 0.1) is 25.3 Å². The van der Waals surface area contributed by atoms with E-state index in [-0.39, 0.29) is 36.6 Å². The lowest BCUT2D eigenvalue weighted by Crippen LogP contribution is -2.42. The van der Waals surface area contributed by atoms with E-state index in [4.69, 9.17) is 18.9 Å². The van der Waals surface area contributed by atoms with E-state index in [1.54, 1.807) is 24.3 Å². The molecule has 2 aromatic rings. The first-order valence-corrected chi connectivity index (χ1v) is 11.8. The molecule has 33 heavy (non-hydrogen) atoms. The molecule has 1 N–H and O–H groups in total. The largest absolute Gasteiger partial charge is 0.493 e. The molecule has 2 aromatic carbocycles. The van der Waals surface area contributed by atoms with Crippen LogP contribution in [-0.2, 0) is 14.8 Å². The Morgan fingerprint density at radius 1 is 1.06 bits per heavy atom. The summed E-state index contributed by atoms with van der Waals surface area (Å²) in [6.07, 6.45) is 2.33. The average Bonchev–Trinajstić information content (AvgIpc) is 3.31. The molecule has 0 bridgehead atoms. The number of benzene rings is 2. The zero-order valence-corrected chi connectivity index (χ0v) is 19.1. The molecule has 0 radical (unpaired) electrons. The molecule has 0 spiro atoms. The van der Waals surface area contributed by atoms with Crippen LogP contribution in [0.3, 0.4) is 0 Å². The monoisotopic (exact) mass is 475 g/mol. The molecule has 10 nitrogen and oxygen atoms in total. The lowest BCUT2D eigenvalue weighted by atomic mass is 9.98. The summed E-state index contributed by atoms with van der Waals surface area (Å²) < 4.78 is 48.4. The lowest BCUT2D eigenvalue weighted by molar-refractivity contribution is -0.126. The van der Waals surface area contributed by atoms with E-state index >= 15 is 0 Å². The third-order valence-corrected chi connectivity index (χ3v) is 7.50. The van der Waals surface area contributed by atoms with Crippen LogP contribution in [0.1, 0.15) is 18.4 Å². The van der Waals surface area contributed by atoms with Gasteiger partial charge in [0.15, 0.2) is 23.0 Å². The highest BCUT2D eigenvalue weighted by molar-refractivity contribution is 7.89. The van der Waals surface area contributed by atoms with E-state index < -0.39 is 10.0 Å². The zero-order chi connectivity index (χ0) is 23.4. The highest BCUT2D eigenvalue weighted by Gasteiger charge is 2.32. The number of sulfonamides is 1. The molecule has 2 aliphatic rings. The summed E-state index contributed by atoms with van der Waals surface area (Å²) in [6.45, 7) is 0.661. The number of carbonyl (C=O) groups is 1. The summed E-state index contributed by atoms with van der Waals surface area (Å²) >= 11 is 0. The van der Waals surface area contributed by atoms with Crippen molar-refractivity contribution in [1.82, 2.24) is 9.73 Å². The van der Waals surface area contributed by atoms with Gasteiger partial charge in [-0.1, -0.05) is 0 Å². The molecular formula is C22H25N3O7S. The Balaban J connectivity index is 1.33. The molecule has 0 aromatic heterocycles. The van der Waals surface area contributed by atoms with Crippen molar-refractivity contribution < 1.29 is 32.2 Å². The van der Waals surface area contributed by atoms with Crippen LogP contribution in [0.25, 0.3) is 0 Å². The van der Waals surface area contributed by atoms with Crippen LogP contribution in [0.4, 0.5) is 0 Å². The van der Waals surface area contributed by atoms with Crippen molar-refractivity contribution in [3.63, 3.8) is 0 Å². The van der Waals surface area contributed by atoms with Gasteiger partial charge in [0.25, 0.3) is 0 Å². The van der Waals surface area contributed by atoms with Crippen LogP contribution in [-0.4, -0.2) is 58.9 Å². The second-order valence-corrected chi connectivity index (χ2v) is 9.48. The number of methoxy groups -OCH3 is 2. The second kappa shape index (κ2) is 9.67. The average molecular weight is 476 g/mol. The van der Waals surface area contributed by atoms with Crippen LogP contribution >= 0.6 is 0 Å². The predicted octanol–water partition coefficient (Wildman–Crippen LogP) is 1.98. The van der Waals surface area contributed by atoms with E-state index in [2.05, 4.69) is 10.5 Å². The Kier molecular flexibility index (Phi) is 6.70. The first kappa shape index (κ1) is 22.9. The Morgan fingerprint density at radius 2 is 1.79 bits per heavy atom. The first-order valence-electron chi connectivity index (χ1n) is 10.4. The van der Waals surface area contributed by atoms with E-state index in [1.807, 2.05) is 0 Å². The number of fused-ring (bicyclic) bond motifs is 1. The third kappa shape index (κ3) is 4.88. The summed E-state index contributed by atoms with van der Waals surface area (Å²) in [5.41, 5.74) is 3.30. The van der Waals surface area contributed by atoms with Gasteiger partial charge in [-0.2, -0.15) is 9.41 Å². The second-order valence-electron chi connectivity index (χ2n) is 7.54. The molecule has 2 aliphatic heterocycles. The maximum Gasteiger partial charge on any atom is 0.243 e. The molecular weight excluding hydrogens is 450 g/mol. The minimum atomic E-state index is -3.71. The quantitative estimate of drug-likeness (QED) is 0.481. The molecule has 0 atom stereocenters. The SMILES string of the molecule is COc1ccc(S(=O)(=O)N2CCC(C(=O)N/N=C\c3ccc4c(c3)OCO4)CC2)cc1OC. The maximum absolute atomic E-state index is 13.0. The van der Waals surface area contributed by atoms with Crippen molar-refractivity contribution in [2.24, 2.45) is 11.0 Å². The lowest BCUT2D eigenvalue weighted by Gasteiger charge is -2.30. The van der Waals surface area contributed by atoms with Crippen molar-refractivity contribution in [1.29, 1.82) is 0 Å². The van der Waals surface area contributed by atoms with Gasteiger partial charge in [0.1, 0.15) is 0 Å². The Morgan fingerprint density at radius 3 is 2.52 bits per heavy atom. The highest BCUT2D eigenvalue weighted by atomic mass is 32.2. The number of hydrazone groups is 1. The fraction of sp³-hybridized carbons (Fsp3) is 0.364. The minimum Gasteiger partial charge on any atom is -0.493 e. The van der Waals surface area contributed by atoms with E-state index in [1.165, 1.54) is 36.9 Å². The number of nitrogens with one attached hydrogen (secondary N) is 1. The van der Waals surface area contributed by atoms with Crippen molar-refractivity contribution >= 4 is 22.1 Å². The fourth-order valence-corrected chi connectivity index (χ4v) is 5.23. The number of ether oxygens (including phenoxy) is 4. The molecule has 1 fully saturated rings. The van der Waals surface area contributed by atoms with E-state index in [0.29, 0.717) is 35.8 Å². The van der Waals surface area contributed by atoms with Gasteiger partial charge in [-0.05, 0) is 48.7 Å². The standard InChI is InChI=1S/C22H25N3O7S/c1-29-18-6-4-17(12-20(18)30-2)33(27,28)25-9-7-16(8-10-25)22(26)24-23-13-15-3-5-19-21(11-15)32-14-31-19/h3-6,11-13,16H,7-10,14H2,1-2H3,(H,24,26)/b23-13-. The summed E-state index contributed by atoms with van der Waals surface area (Å²) in [5.74, 6) is 1.53. The summed E-state index contributed by atoms with van der Waals surface area (Å²) in [7, 11) is -0.774. The number of nitrogens with zero attached hydrogens (tertiary/aromatic N) is 2. The van der Waals surface area contributed by atoms with Gasteiger partial charge < -0.3 is 18.9 Å². The maximum atomic E-state index is 13.0. The van der Waals surface area contributed by atoms with Crippen LogP contribution in [0.5, 0.6) is 23.0 Å². The molecule has 1 amide bonds. The Labute approximate surface area is 192 Å². The zero-order valence-electron chi connectivity index (χ0n) is 18.3. The van der Waals surface area contributed by atoms with Crippen LogP contribution < -0.4 is 24.4 Å². The van der Waals surface area contributed by atoms with Crippen LogP contribution in [0, 0.1) is 5.92 Å². The van der Waals surface area contributed by atoms with E-state index in [0.717, 1.165) is 5.56 Å². The number of hydrogen-bond donors (Lipinski definition) is 1. The number of amides is 1. The Bertz CT molecular complexity index is 1160. The minimum absolute atomic E-state index is 0.122. The number of rotatable bonds is 7. The molecule has 4 rings (SSSR count). The molecule has 0 unspecified atom stereocenters. The molecule has 0 aliphatic carbocycles. The van der Waals surface area contributed by atoms with Crippen molar-refractivity contribution in [2.45, 2.75) is 17.7 Å². The Hall–Kier alpha value is -3.31. The van der Waals surface area contributed by atoms with Crippen molar-refractivity contribution in [2.75, 3.05) is 34.1 Å². The summed E-state index contributed by atoms with van der Waals surface area (Å²) in [6, 6.07) is 9.85. The van der Waals surface area contributed by atoms with Gasteiger partial charge in [0, 0.05) is 25.1 Å². The highest BCUT2D eigenvalue weighted by Crippen LogP contribution is 2.33. The van der Waals surface area contributed by atoms with Gasteiger partial charge in [-0.3, -0.25) is 4.79 Å². The smallest absolute Gasteiger partial charge is 0.243 e. The normalized spacial score (nSPS) is 16.7. The summed E-state index contributed by atoms with van der Waals surface area (Å²) in [4.78, 5) is 12.6. The van der Waals surface area contributed by atoms with Crippen molar-refractivity contribution in [3.8, 4) is 23.0 Å². The number of hydrogen-bond acceptors (Lipinski definition) is 8. The van der Waals surface area contributed by atoms with Crippen LogP contribution in [0.2, 0.25) is 0 Å². The number of carbonyl (C=O) groups excluding carboxylic acids is 1. The van der Waals surface area contributed by atoms with Crippen molar-refractivity contribution in [3.05, 3.63) is 42.0 Å². The molecule has 11 heteroatoms. The topological polar surface area (TPSA) is 116 Å². The summed E-state index contributed by atoms with van der Waals surface area (Å²) in [5, 5.41) is 4.01. The van der Waals surface area contributed by atoms with Gasteiger partial charge in [-0.15, -0.1) is 0 Å². The van der Waals surface area contributed by atoms with Gasteiger partial charge >= 0.3 is 0 Å². The molecule has 1 saturated heterocycles. The van der Waals surface area contributed by atoms with Crippen LogP contribution in [0.15, 0.2) is 46.4 Å².